The third-order valence-corrected chi connectivity index (χ3v) is 3.74. The van der Waals surface area contributed by atoms with Gasteiger partial charge in [0.25, 0.3) is 0 Å². The molecule has 0 bridgehead atoms. The van der Waals surface area contributed by atoms with Crippen molar-refractivity contribution < 1.29 is 9.47 Å². The Morgan fingerprint density at radius 1 is 1.50 bits per heavy atom. The zero-order valence-electron chi connectivity index (χ0n) is 10.8. The molecule has 106 valence electrons. The van der Waals surface area contributed by atoms with Crippen molar-refractivity contribution in [1.29, 1.82) is 0 Å². The number of fused-ring (bicyclic) bond motifs is 1. The first-order chi connectivity index (χ1) is 9.63. The first-order valence-electron chi connectivity index (χ1n) is 6.19. The molecule has 0 fully saturated rings. The SMILES string of the molecule is CC(Br)c1cn(Cc2cc(Cl)cc3c2OCOC3)nn1. The highest BCUT2D eigenvalue weighted by atomic mass is 79.9. The van der Waals surface area contributed by atoms with Crippen molar-refractivity contribution in [2.45, 2.75) is 24.9 Å². The molecular weight excluding hydrogens is 346 g/mol. The van der Waals surface area contributed by atoms with E-state index in [1.54, 1.807) is 4.68 Å². The number of hydrogen-bond acceptors (Lipinski definition) is 4. The maximum atomic E-state index is 6.14. The summed E-state index contributed by atoms with van der Waals surface area (Å²) in [4.78, 5) is 0.175. The van der Waals surface area contributed by atoms with E-state index in [0.29, 0.717) is 18.2 Å². The van der Waals surface area contributed by atoms with E-state index >= 15 is 0 Å². The molecule has 5 nitrogen and oxygen atoms in total. The Morgan fingerprint density at radius 3 is 3.10 bits per heavy atom. The Hall–Kier alpha value is -1.11. The standard InChI is InChI=1S/C13H13BrClN3O2/c1-8(14)12-5-18(17-16-12)4-9-2-11(15)3-10-6-19-7-20-13(9)10/h2-3,5,8H,4,6-7H2,1H3. The van der Waals surface area contributed by atoms with Crippen molar-refractivity contribution in [3.05, 3.63) is 40.2 Å². The van der Waals surface area contributed by atoms with Crippen LogP contribution >= 0.6 is 27.5 Å². The highest BCUT2D eigenvalue weighted by Gasteiger charge is 2.17. The minimum absolute atomic E-state index is 0.175. The number of hydrogen-bond donors (Lipinski definition) is 0. The molecule has 1 unspecified atom stereocenters. The average Bonchev–Trinajstić information content (AvgIpc) is 2.87. The number of benzene rings is 1. The number of aromatic nitrogens is 3. The van der Waals surface area contributed by atoms with E-state index in [1.807, 2.05) is 25.3 Å². The fraction of sp³-hybridized carbons (Fsp3) is 0.385. The van der Waals surface area contributed by atoms with Crippen LogP contribution in [0.4, 0.5) is 0 Å². The van der Waals surface area contributed by atoms with E-state index in [4.69, 9.17) is 21.1 Å². The fourth-order valence-electron chi connectivity index (χ4n) is 2.12. The van der Waals surface area contributed by atoms with Crippen LogP contribution in [0.25, 0.3) is 0 Å². The molecule has 3 rings (SSSR count). The summed E-state index contributed by atoms with van der Waals surface area (Å²) in [7, 11) is 0. The summed E-state index contributed by atoms with van der Waals surface area (Å²) in [6, 6.07) is 3.76. The summed E-state index contributed by atoms with van der Waals surface area (Å²) < 4.78 is 12.6. The van der Waals surface area contributed by atoms with Gasteiger partial charge in [-0.25, -0.2) is 4.68 Å². The lowest BCUT2D eigenvalue weighted by molar-refractivity contribution is -0.0171. The van der Waals surface area contributed by atoms with Gasteiger partial charge < -0.3 is 9.47 Å². The lowest BCUT2D eigenvalue weighted by Gasteiger charge is -2.21. The minimum Gasteiger partial charge on any atom is -0.467 e. The topological polar surface area (TPSA) is 49.2 Å². The number of rotatable bonds is 3. The normalized spacial score (nSPS) is 15.6. The van der Waals surface area contributed by atoms with Crippen LogP contribution in [-0.2, 0) is 17.9 Å². The molecule has 0 spiro atoms. The molecule has 2 heterocycles. The van der Waals surface area contributed by atoms with Gasteiger partial charge in [-0.1, -0.05) is 32.7 Å². The molecule has 0 aliphatic carbocycles. The Labute approximate surface area is 130 Å². The third-order valence-electron chi connectivity index (χ3n) is 3.05. The first kappa shape index (κ1) is 13.9. The maximum Gasteiger partial charge on any atom is 0.189 e. The van der Waals surface area contributed by atoms with Gasteiger partial charge in [-0.2, -0.15) is 0 Å². The summed E-state index contributed by atoms with van der Waals surface area (Å²) in [5.74, 6) is 0.838. The lowest BCUT2D eigenvalue weighted by atomic mass is 10.1. The first-order valence-corrected chi connectivity index (χ1v) is 7.49. The zero-order valence-corrected chi connectivity index (χ0v) is 13.2. The van der Waals surface area contributed by atoms with Crippen molar-refractivity contribution in [3.63, 3.8) is 0 Å². The van der Waals surface area contributed by atoms with E-state index in [2.05, 4.69) is 26.2 Å². The molecule has 0 amide bonds. The van der Waals surface area contributed by atoms with Crippen LogP contribution in [0.15, 0.2) is 18.3 Å². The van der Waals surface area contributed by atoms with Crippen molar-refractivity contribution in [2.24, 2.45) is 0 Å². The van der Waals surface area contributed by atoms with E-state index in [-0.39, 0.29) is 11.6 Å². The summed E-state index contributed by atoms with van der Waals surface area (Å²) in [6.45, 7) is 3.36. The van der Waals surface area contributed by atoms with Gasteiger partial charge in [0.15, 0.2) is 6.79 Å². The molecule has 2 aromatic rings. The van der Waals surface area contributed by atoms with Crippen molar-refractivity contribution in [2.75, 3.05) is 6.79 Å². The molecule has 1 aliphatic heterocycles. The summed E-state index contributed by atoms with van der Waals surface area (Å²) in [5, 5.41) is 8.90. The Bertz CT molecular complexity index is 630. The van der Waals surface area contributed by atoms with Crippen LogP contribution < -0.4 is 4.74 Å². The van der Waals surface area contributed by atoms with E-state index in [1.165, 1.54) is 0 Å². The number of ether oxygens (including phenoxy) is 2. The predicted octanol–water partition coefficient (Wildman–Crippen LogP) is 3.30. The van der Waals surface area contributed by atoms with Crippen LogP contribution in [0, 0.1) is 0 Å². The quantitative estimate of drug-likeness (QED) is 0.790. The highest BCUT2D eigenvalue weighted by molar-refractivity contribution is 9.09. The van der Waals surface area contributed by atoms with Crippen LogP contribution in [0.5, 0.6) is 5.75 Å². The van der Waals surface area contributed by atoms with Crippen LogP contribution in [0.1, 0.15) is 28.6 Å². The third kappa shape index (κ3) is 2.82. The van der Waals surface area contributed by atoms with E-state index in [9.17, 15) is 0 Å². The summed E-state index contributed by atoms with van der Waals surface area (Å²) in [5.41, 5.74) is 2.84. The van der Waals surface area contributed by atoms with Gasteiger partial charge in [-0.05, 0) is 19.1 Å². The molecular formula is C13H13BrClN3O2. The number of nitrogens with zero attached hydrogens (tertiary/aromatic N) is 3. The van der Waals surface area contributed by atoms with Gasteiger partial charge in [-0.3, -0.25) is 0 Å². The van der Waals surface area contributed by atoms with Crippen molar-refractivity contribution >= 4 is 27.5 Å². The summed E-state index contributed by atoms with van der Waals surface area (Å²) in [6.07, 6.45) is 1.91. The van der Waals surface area contributed by atoms with Crippen LogP contribution in [-0.4, -0.2) is 21.8 Å². The Balaban J connectivity index is 1.91. The highest BCUT2D eigenvalue weighted by Crippen LogP contribution is 2.32. The minimum atomic E-state index is 0.175. The van der Waals surface area contributed by atoms with Gasteiger partial charge in [0.05, 0.1) is 23.7 Å². The number of alkyl halides is 1. The Kier molecular flexibility index (Phi) is 3.96. The lowest BCUT2D eigenvalue weighted by Crippen LogP contribution is -2.14. The molecule has 7 heteroatoms. The second-order valence-electron chi connectivity index (χ2n) is 4.62. The molecule has 1 aromatic heterocycles. The maximum absolute atomic E-state index is 6.14. The molecule has 0 saturated carbocycles. The molecule has 1 aliphatic rings. The van der Waals surface area contributed by atoms with E-state index in [0.717, 1.165) is 22.6 Å². The summed E-state index contributed by atoms with van der Waals surface area (Å²) >= 11 is 9.61. The largest absolute Gasteiger partial charge is 0.467 e. The van der Waals surface area contributed by atoms with E-state index < -0.39 is 0 Å². The average molecular weight is 359 g/mol. The van der Waals surface area contributed by atoms with Crippen LogP contribution in [0.3, 0.4) is 0 Å². The fourth-order valence-corrected chi connectivity index (χ4v) is 2.59. The van der Waals surface area contributed by atoms with Crippen molar-refractivity contribution in [3.8, 4) is 5.75 Å². The van der Waals surface area contributed by atoms with Crippen molar-refractivity contribution in [1.82, 2.24) is 15.0 Å². The van der Waals surface area contributed by atoms with Gasteiger partial charge in [0.1, 0.15) is 5.75 Å². The Morgan fingerprint density at radius 2 is 2.35 bits per heavy atom. The monoisotopic (exact) mass is 357 g/mol. The smallest absolute Gasteiger partial charge is 0.189 e. The molecule has 20 heavy (non-hydrogen) atoms. The molecule has 0 N–H and O–H groups in total. The zero-order chi connectivity index (χ0) is 14.1. The van der Waals surface area contributed by atoms with Crippen LogP contribution in [0.2, 0.25) is 5.02 Å². The molecule has 1 aromatic carbocycles. The molecule has 1 atom stereocenters. The van der Waals surface area contributed by atoms with Gasteiger partial charge in [0, 0.05) is 22.3 Å². The molecule has 0 saturated heterocycles. The second kappa shape index (κ2) is 5.71. The van der Waals surface area contributed by atoms with Gasteiger partial charge in [-0.15, -0.1) is 5.10 Å². The molecule has 0 radical (unpaired) electrons. The number of halogens is 2. The van der Waals surface area contributed by atoms with Gasteiger partial charge >= 0.3 is 0 Å². The second-order valence-corrected chi connectivity index (χ2v) is 6.43. The predicted molar refractivity (Wildman–Crippen MR) is 78.2 cm³/mol. The van der Waals surface area contributed by atoms with Gasteiger partial charge in [0.2, 0.25) is 0 Å².